The average Bonchev–Trinajstić information content (AvgIpc) is 1.47. The van der Waals surface area contributed by atoms with Gasteiger partial charge in [-0.1, -0.05) is 0 Å². The molecule has 0 fully saturated rings. The Labute approximate surface area is 75.9 Å². The lowest BCUT2D eigenvalue weighted by molar-refractivity contribution is -0.873. The Balaban J connectivity index is 0. The number of aliphatic hydroxyl groups is 1. The second-order valence-electron chi connectivity index (χ2n) is 3.82. The molecule has 0 aromatic heterocycles. The monoisotopic (exact) mass is 205 g/mol. The molecular formula is C6H16BF4NO. The lowest BCUT2D eigenvalue weighted by atomic mass is 10.3. The molecule has 0 aliphatic heterocycles. The van der Waals surface area contributed by atoms with Crippen molar-refractivity contribution in [3.05, 3.63) is 0 Å². The number of quaternary nitrogens is 1. The van der Waals surface area contributed by atoms with Crippen molar-refractivity contribution in [3.63, 3.8) is 0 Å². The molecule has 1 atom stereocenters. The number of likely N-dealkylation sites (N-methyl/N-ethyl adjacent to an activating group) is 1. The van der Waals surface area contributed by atoms with Gasteiger partial charge in [0.25, 0.3) is 0 Å². The highest BCUT2D eigenvalue weighted by atomic mass is 19.5. The Kier molecular flexibility index (Phi) is 6.35. The summed E-state index contributed by atoms with van der Waals surface area (Å²) in [4.78, 5) is 0. The lowest BCUT2D eigenvalue weighted by Crippen LogP contribution is -2.40. The van der Waals surface area contributed by atoms with E-state index in [1.54, 1.807) is 0 Å². The van der Waals surface area contributed by atoms with Crippen LogP contribution in [-0.2, 0) is 0 Å². The molecule has 13 heavy (non-hydrogen) atoms. The summed E-state index contributed by atoms with van der Waals surface area (Å²) in [5, 5.41) is 8.87. The van der Waals surface area contributed by atoms with Crippen LogP contribution >= 0.6 is 0 Å². The molecule has 0 heterocycles. The fourth-order valence-electron chi connectivity index (χ4n) is 0.793. The Morgan fingerprint density at radius 2 is 1.38 bits per heavy atom. The topological polar surface area (TPSA) is 20.2 Å². The summed E-state index contributed by atoms with van der Waals surface area (Å²) < 4.78 is 39.8. The van der Waals surface area contributed by atoms with Crippen LogP contribution in [0.5, 0.6) is 0 Å². The third-order valence-corrected chi connectivity index (χ3v) is 0.812. The maximum Gasteiger partial charge on any atom is 0.673 e. The summed E-state index contributed by atoms with van der Waals surface area (Å²) in [5.41, 5.74) is 0. The minimum atomic E-state index is -6.00. The highest BCUT2D eigenvalue weighted by molar-refractivity contribution is 6.50. The largest absolute Gasteiger partial charge is 0.673 e. The zero-order valence-corrected chi connectivity index (χ0v) is 8.27. The highest BCUT2D eigenvalue weighted by Crippen LogP contribution is 2.06. The smallest absolute Gasteiger partial charge is 0.418 e. The Bertz CT molecular complexity index is 126. The molecule has 0 bridgehead atoms. The first-order valence-corrected chi connectivity index (χ1v) is 3.77. The molecule has 1 unspecified atom stereocenters. The summed E-state index contributed by atoms with van der Waals surface area (Å²) in [6.07, 6.45) is -0.185. The molecule has 2 nitrogen and oxygen atoms in total. The molecule has 0 amide bonds. The van der Waals surface area contributed by atoms with Crippen LogP contribution in [-0.4, -0.2) is 50.6 Å². The molecule has 0 aromatic carbocycles. The van der Waals surface area contributed by atoms with Crippen LogP contribution in [0.4, 0.5) is 17.3 Å². The highest BCUT2D eigenvalue weighted by Gasteiger charge is 2.20. The van der Waals surface area contributed by atoms with Crippen LogP contribution in [0.25, 0.3) is 0 Å². The maximum absolute atomic E-state index is 9.75. The molecular weight excluding hydrogens is 189 g/mol. The number of halogens is 4. The number of rotatable bonds is 2. The second kappa shape index (κ2) is 5.44. The van der Waals surface area contributed by atoms with Crippen molar-refractivity contribution in [2.45, 2.75) is 13.0 Å². The van der Waals surface area contributed by atoms with E-state index in [1.807, 2.05) is 6.92 Å². The van der Waals surface area contributed by atoms with E-state index >= 15 is 0 Å². The van der Waals surface area contributed by atoms with Crippen molar-refractivity contribution in [2.75, 3.05) is 27.7 Å². The van der Waals surface area contributed by atoms with E-state index in [0.717, 1.165) is 11.0 Å². The van der Waals surface area contributed by atoms with Crippen LogP contribution in [0.2, 0.25) is 0 Å². The van der Waals surface area contributed by atoms with Crippen LogP contribution in [0.1, 0.15) is 6.92 Å². The molecule has 7 heteroatoms. The first kappa shape index (κ1) is 15.2. The molecule has 0 aliphatic carbocycles. The van der Waals surface area contributed by atoms with Crippen LogP contribution in [0, 0.1) is 0 Å². The standard InChI is InChI=1S/C6H16NO.BF4/c1-6(8)5-7(2,3)4;2-1(3,4)5/h6,8H,5H2,1-4H3;/q+1;-1. The van der Waals surface area contributed by atoms with Crippen molar-refractivity contribution < 1.29 is 26.9 Å². The maximum atomic E-state index is 9.75. The van der Waals surface area contributed by atoms with Gasteiger partial charge in [0, 0.05) is 0 Å². The fraction of sp³-hybridized carbons (Fsp3) is 1.00. The van der Waals surface area contributed by atoms with Gasteiger partial charge in [-0.05, 0) is 6.92 Å². The normalized spacial score (nSPS) is 14.5. The van der Waals surface area contributed by atoms with Crippen LogP contribution < -0.4 is 0 Å². The van der Waals surface area contributed by atoms with Crippen molar-refractivity contribution in [3.8, 4) is 0 Å². The third-order valence-electron chi connectivity index (χ3n) is 0.812. The summed E-state index contributed by atoms with van der Waals surface area (Å²) in [6, 6.07) is 0. The van der Waals surface area contributed by atoms with Gasteiger partial charge in [0.2, 0.25) is 0 Å². The van der Waals surface area contributed by atoms with Crippen molar-refractivity contribution in [2.24, 2.45) is 0 Å². The van der Waals surface area contributed by atoms with Crippen molar-refractivity contribution >= 4 is 7.25 Å². The molecule has 0 aliphatic rings. The van der Waals surface area contributed by atoms with E-state index in [-0.39, 0.29) is 6.10 Å². The minimum absolute atomic E-state index is 0.185. The van der Waals surface area contributed by atoms with E-state index in [1.165, 1.54) is 0 Å². The molecule has 0 aromatic rings. The zero-order chi connectivity index (χ0) is 11.3. The van der Waals surface area contributed by atoms with Crippen molar-refractivity contribution in [1.29, 1.82) is 0 Å². The van der Waals surface area contributed by atoms with Gasteiger partial charge in [-0.2, -0.15) is 0 Å². The second-order valence-corrected chi connectivity index (χ2v) is 3.82. The SMILES string of the molecule is CC(O)C[N+](C)(C)C.F[B-](F)(F)F. The van der Waals surface area contributed by atoms with Gasteiger partial charge in [0.1, 0.15) is 12.6 Å². The van der Waals surface area contributed by atoms with E-state index in [4.69, 9.17) is 5.11 Å². The van der Waals surface area contributed by atoms with Gasteiger partial charge >= 0.3 is 7.25 Å². The Hall–Kier alpha value is -0.295. The van der Waals surface area contributed by atoms with E-state index in [9.17, 15) is 17.3 Å². The first-order valence-electron chi connectivity index (χ1n) is 3.77. The summed E-state index contributed by atoms with van der Waals surface area (Å²) >= 11 is 0. The van der Waals surface area contributed by atoms with Crippen LogP contribution in [0.3, 0.4) is 0 Å². The minimum Gasteiger partial charge on any atom is -0.418 e. The summed E-state index contributed by atoms with van der Waals surface area (Å²) in [5.74, 6) is 0. The van der Waals surface area contributed by atoms with Crippen LogP contribution in [0.15, 0.2) is 0 Å². The predicted octanol–water partition coefficient (Wildman–Crippen LogP) is 1.37. The Morgan fingerprint density at radius 1 is 1.15 bits per heavy atom. The van der Waals surface area contributed by atoms with Gasteiger partial charge in [-0.25, -0.2) is 0 Å². The Morgan fingerprint density at radius 3 is 1.38 bits per heavy atom. The number of hydrogen-bond donors (Lipinski definition) is 1. The molecule has 0 rings (SSSR count). The average molecular weight is 205 g/mol. The molecule has 1 N–H and O–H groups in total. The number of aliphatic hydroxyl groups excluding tert-OH is 1. The lowest BCUT2D eigenvalue weighted by Gasteiger charge is -2.24. The first-order chi connectivity index (χ1) is 5.42. The zero-order valence-electron chi connectivity index (χ0n) is 8.27. The molecule has 0 radical (unpaired) electrons. The van der Waals surface area contributed by atoms with Gasteiger partial charge in [0.15, 0.2) is 0 Å². The number of hydrogen-bond acceptors (Lipinski definition) is 1. The van der Waals surface area contributed by atoms with Gasteiger partial charge in [-0.3, -0.25) is 0 Å². The molecule has 0 saturated heterocycles. The summed E-state index contributed by atoms with van der Waals surface area (Å²) in [7, 11) is 0.187. The molecule has 82 valence electrons. The predicted molar refractivity (Wildman–Crippen MR) is 44.8 cm³/mol. The third kappa shape index (κ3) is 49.8. The van der Waals surface area contributed by atoms with E-state index < -0.39 is 7.25 Å². The van der Waals surface area contributed by atoms with E-state index in [0.29, 0.717) is 0 Å². The molecule has 0 saturated carbocycles. The van der Waals surface area contributed by atoms with Gasteiger partial charge < -0.3 is 26.9 Å². The van der Waals surface area contributed by atoms with Gasteiger partial charge in [-0.15, -0.1) is 0 Å². The number of nitrogens with zero attached hydrogens (tertiary/aromatic N) is 1. The quantitative estimate of drug-likeness (QED) is 0.410. The van der Waals surface area contributed by atoms with E-state index in [2.05, 4.69) is 21.1 Å². The summed E-state index contributed by atoms with van der Waals surface area (Å²) in [6.45, 7) is 2.63. The van der Waals surface area contributed by atoms with Gasteiger partial charge in [0.05, 0.1) is 21.1 Å². The van der Waals surface area contributed by atoms with Crippen molar-refractivity contribution in [1.82, 2.24) is 0 Å². The molecule has 0 spiro atoms. The fourth-order valence-corrected chi connectivity index (χ4v) is 0.793.